The maximum atomic E-state index is 13.3. The highest BCUT2D eigenvalue weighted by atomic mass is 16.6. The zero-order chi connectivity index (χ0) is 23.0. The Morgan fingerprint density at radius 1 is 1.03 bits per heavy atom. The van der Waals surface area contributed by atoms with Crippen LogP contribution in [0, 0.1) is 40.4 Å². The van der Waals surface area contributed by atoms with Crippen LogP contribution in [0.2, 0.25) is 0 Å². The summed E-state index contributed by atoms with van der Waals surface area (Å²) in [4.78, 5) is 25.8. The Morgan fingerprint density at radius 2 is 1.79 bits per heavy atom. The molecule has 0 aromatic heterocycles. The number of rotatable bonds is 1. The quantitative estimate of drug-likeness (QED) is 0.335. The Balaban J connectivity index is 1.19. The van der Waals surface area contributed by atoms with Gasteiger partial charge >= 0.3 is 5.97 Å². The number of hydrogen-bond donors (Lipinski definition) is 0. The third-order valence-electron chi connectivity index (χ3n) is 12.0. The van der Waals surface area contributed by atoms with Crippen LogP contribution in [0.15, 0.2) is 24.3 Å². The van der Waals surface area contributed by atoms with Crippen molar-refractivity contribution in [3.8, 4) is 0 Å². The molecular weight excluding hydrogens is 416 g/mol. The monoisotopic (exact) mass is 452 g/mol. The molecule has 5 nitrogen and oxygen atoms in total. The molecule has 3 heterocycles. The van der Waals surface area contributed by atoms with E-state index in [0.717, 1.165) is 38.5 Å². The lowest BCUT2D eigenvalue weighted by Gasteiger charge is -2.58. The fourth-order valence-electron chi connectivity index (χ4n) is 9.97. The molecule has 5 heteroatoms. The summed E-state index contributed by atoms with van der Waals surface area (Å²) < 4.78 is 18.6. The molecule has 0 radical (unpaired) electrons. The Labute approximate surface area is 196 Å². The third kappa shape index (κ3) is 2.32. The van der Waals surface area contributed by atoms with Crippen LogP contribution in [0.3, 0.4) is 0 Å². The minimum atomic E-state index is -0.577. The van der Waals surface area contributed by atoms with E-state index in [2.05, 4.69) is 20.4 Å². The van der Waals surface area contributed by atoms with Crippen molar-refractivity contribution in [3.05, 3.63) is 24.3 Å². The zero-order valence-corrected chi connectivity index (χ0v) is 20.1. The van der Waals surface area contributed by atoms with Gasteiger partial charge in [-0.15, -0.1) is 0 Å². The molecular formula is C28H36O5. The first-order valence-electron chi connectivity index (χ1n) is 13.1. The van der Waals surface area contributed by atoms with Gasteiger partial charge in [0.1, 0.15) is 17.3 Å². The van der Waals surface area contributed by atoms with Gasteiger partial charge in [0.25, 0.3) is 0 Å². The number of ether oxygens (including phenoxy) is 3. The van der Waals surface area contributed by atoms with Gasteiger partial charge in [-0.1, -0.05) is 19.6 Å². The van der Waals surface area contributed by atoms with Crippen molar-refractivity contribution in [2.45, 2.75) is 89.1 Å². The summed E-state index contributed by atoms with van der Waals surface area (Å²) in [6.45, 7) is 11.3. The highest BCUT2D eigenvalue weighted by molar-refractivity contribution is 5.97. The Morgan fingerprint density at radius 3 is 2.58 bits per heavy atom. The van der Waals surface area contributed by atoms with Crippen LogP contribution in [-0.4, -0.2) is 41.8 Å². The van der Waals surface area contributed by atoms with Crippen molar-refractivity contribution in [3.63, 3.8) is 0 Å². The fourth-order valence-corrected chi connectivity index (χ4v) is 9.97. The number of hydrogen-bond acceptors (Lipinski definition) is 5. The lowest BCUT2D eigenvalue weighted by atomic mass is 9.44. The van der Waals surface area contributed by atoms with Gasteiger partial charge in [0.15, 0.2) is 5.78 Å². The smallest absolute Gasteiger partial charge is 0.336 e. The lowest BCUT2D eigenvalue weighted by Crippen LogP contribution is -2.61. The van der Waals surface area contributed by atoms with E-state index in [1.807, 2.05) is 19.1 Å². The van der Waals surface area contributed by atoms with E-state index in [4.69, 9.17) is 14.2 Å². The van der Waals surface area contributed by atoms with E-state index >= 15 is 0 Å². The first-order chi connectivity index (χ1) is 15.6. The molecule has 0 aromatic carbocycles. The van der Waals surface area contributed by atoms with Crippen molar-refractivity contribution in [2.75, 3.05) is 6.61 Å². The molecule has 4 aliphatic carbocycles. The highest BCUT2D eigenvalue weighted by Crippen LogP contribution is 2.73. The Kier molecular flexibility index (Phi) is 3.92. The van der Waals surface area contributed by atoms with Crippen molar-refractivity contribution in [1.29, 1.82) is 0 Å². The van der Waals surface area contributed by atoms with E-state index in [1.165, 1.54) is 6.42 Å². The second-order valence-corrected chi connectivity index (χ2v) is 12.8. The van der Waals surface area contributed by atoms with Crippen LogP contribution in [0.25, 0.3) is 0 Å². The maximum absolute atomic E-state index is 13.3. The average Bonchev–Trinajstić information content (AvgIpc) is 3.37. The molecule has 0 amide bonds. The normalized spacial score (nSPS) is 58.6. The molecule has 3 saturated carbocycles. The van der Waals surface area contributed by atoms with Gasteiger partial charge in [0.05, 0.1) is 23.7 Å². The van der Waals surface area contributed by atoms with E-state index < -0.39 is 5.60 Å². The molecule has 3 aliphatic heterocycles. The number of carbonyl (C=O) groups is 2. The Bertz CT molecular complexity index is 1000. The van der Waals surface area contributed by atoms with Gasteiger partial charge in [-0.3, -0.25) is 4.79 Å². The van der Waals surface area contributed by atoms with Crippen molar-refractivity contribution < 1.29 is 23.8 Å². The molecule has 11 atom stereocenters. The van der Waals surface area contributed by atoms with Gasteiger partial charge in [0, 0.05) is 12.3 Å². The van der Waals surface area contributed by atoms with Crippen LogP contribution >= 0.6 is 0 Å². The molecule has 0 N–H and O–H groups in total. The first kappa shape index (κ1) is 20.9. The second-order valence-electron chi connectivity index (χ2n) is 12.8. The van der Waals surface area contributed by atoms with E-state index in [0.29, 0.717) is 41.6 Å². The number of esters is 1. The summed E-state index contributed by atoms with van der Waals surface area (Å²) in [5.41, 5.74) is -0.520. The van der Waals surface area contributed by atoms with Crippen LogP contribution in [0.1, 0.15) is 65.7 Å². The summed E-state index contributed by atoms with van der Waals surface area (Å²) in [5, 5.41) is 0. The van der Waals surface area contributed by atoms with Crippen molar-refractivity contribution in [2.24, 2.45) is 40.4 Å². The maximum Gasteiger partial charge on any atom is 0.336 e. The summed E-state index contributed by atoms with van der Waals surface area (Å²) in [6, 6.07) is 0. The van der Waals surface area contributed by atoms with Gasteiger partial charge < -0.3 is 14.2 Å². The number of fused-ring (bicyclic) bond motifs is 6. The van der Waals surface area contributed by atoms with E-state index in [-0.39, 0.29) is 40.5 Å². The van der Waals surface area contributed by atoms with Crippen LogP contribution in [0.4, 0.5) is 0 Å². The predicted octanol–water partition coefficient (Wildman–Crippen LogP) is 4.40. The first-order valence-corrected chi connectivity index (χ1v) is 13.1. The highest BCUT2D eigenvalue weighted by Gasteiger charge is 2.77. The topological polar surface area (TPSA) is 65.1 Å². The van der Waals surface area contributed by atoms with Crippen molar-refractivity contribution >= 4 is 11.8 Å². The predicted molar refractivity (Wildman–Crippen MR) is 121 cm³/mol. The molecule has 1 unspecified atom stereocenters. The summed E-state index contributed by atoms with van der Waals surface area (Å²) in [7, 11) is 0. The summed E-state index contributed by atoms with van der Waals surface area (Å²) >= 11 is 0. The molecule has 6 fully saturated rings. The number of allylic oxidation sites excluding steroid dienone is 1. The van der Waals surface area contributed by atoms with Crippen molar-refractivity contribution in [1.82, 2.24) is 0 Å². The minimum absolute atomic E-state index is 0.0756. The van der Waals surface area contributed by atoms with Crippen LogP contribution in [-0.2, 0) is 23.8 Å². The summed E-state index contributed by atoms with van der Waals surface area (Å²) in [6.07, 6.45) is 11.3. The number of ketones is 1. The molecule has 0 aromatic rings. The standard InChI is InChI=1S/C28H36O5/c1-15-24(30)32-21-13-26(15,3)31-14-17(21)19-8-7-18-16-12-23-28(33-23)10-5-6-22(29)27(28,4)20(16)9-11-25(18,19)2/h5-6,16-21,23H,1,7-14H2,2-4H3/t16-,17-,18-,19?,20-,21+,23+,25-,26+,27-,28+/m0/s1. The number of epoxide rings is 1. The average molecular weight is 453 g/mol. The van der Waals surface area contributed by atoms with Gasteiger partial charge in [-0.05, 0) is 87.5 Å². The van der Waals surface area contributed by atoms with Gasteiger partial charge in [0.2, 0.25) is 0 Å². The molecule has 3 saturated heterocycles. The van der Waals surface area contributed by atoms with Gasteiger partial charge in [-0.25, -0.2) is 4.79 Å². The van der Waals surface area contributed by atoms with Crippen LogP contribution in [0.5, 0.6) is 0 Å². The number of carbonyl (C=O) groups excluding carboxylic acids is 2. The van der Waals surface area contributed by atoms with Crippen LogP contribution < -0.4 is 0 Å². The third-order valence-corrected chi connectivity index (χ3v) is 12.0. The van der Waals surface area contributed by atoms with Gasteiger partial charge in [-0.2, -0.15) is 0 Å². The molecule has 178 valence electrons. The largest absolute Gasteiger partial charge is 0.458 e. The molecule has 33 heavy (non-hydrogen) atoms. The minimum Gasteiger partial charge on any atom is -0.458 e. The molecule has 7 rings (SSSR count). The Hall–Kier alpha value is -1.46. The fraction of sp³-hybridized carbons (Fsp3) is 0.786. The second kappa shape index (κ2) is 6.20. The van der Waals surface area contributed by atoms with E-state index in [9.17, 15) is 9.59 Å². The molecule has 2 bridgehead atoms. The lowest BCUT2D eigenvalue weighted by molar-refractivity contribution is -0.201. The zero-order valence-electron chi connectivity index (χ0n) is 20.1. The SMILES string of the molecule is C=C1C(=O)O[C@@H]2C[C@@]1(C)OC[C@H]2C1CC[C@H]2[C@@H]3C[C@H]4O[C@]45CC=CC(=O)[C@]5(C)[C@H]3CC[C@]12C. The molecule has 1 spiro atoms. The molecule has 7 aliphatic rings. The summed E-state index contributed by atoms with van der Waals surface area (Å²) in [5.74, 6) is 2.29. The van der Waals surface area contributed by atoms with E-state index in [1.54, 1.807) is 0 Å².